The molecule has 0 aliphatic heterocycles. The topological polar surface area (TPSA) is 93.1 Å². The largest absolute Gasteiger partial charge is 0.504 e. The number of hydrogen-bond donors (Lipinski definition) is 2. The molecule has 1 aromatic rings. The van der Waals surface area contributed by atoms with Crippen LogP contribution in [-0.4, -0.2) is 35.2 Å². The van der Waals surface area contributed by atoms with E-state index in [4.69, 9.17) is 9.47 Å². The second-order valence-electron chi connectivity index (χ2n) is 7.51. The van der Waals surface area contributed by atoms with Crippen LogP contribution >= 0.6 is 0 Å². The van der Waals surface area contributed by atoms with Crippen molar-refractivity contribution >= 4 is 11.8 Å². The fourth-order valence-electron chi connectivity index (χ4n) is 3.53. The zero-order valence-electron chi connectivity index (χ0n) is 17.3. The summed E-state index contributed by atoms with van der Waals surface area (Å²) in [7, 11) is 1.39. The lowest BCUT2D eigenvalue weighted by atomic mass is 9.85. The van der Waals surface area contributed by atoms with Crippen LogP contribution < -0.4 is 4.74 Å². The zero-order chi connectivity index (χ0) is 21.4. The van der Waals surface area contributed by atoms with E-state index in [0.29, 0.717) is 30.2 Å². The number of ether oxygens (including phenoxy) is 2. The Balaban J connectivity index is 1.90. The van der Waals surface area contributed by atoms with Crippen molar-refractivity contribution in [2.24, 2.45) is 11.8 Å². The van der Waals surface area contributed by atoms with Crippen molar-refractivity contribution in [1.82, 2.24) is 0 Å². The molecule has 2 N–H and O–H groups in total. The van der Waals surface area contributed by atoms with Gasteiger partial charge in [0.15, 0.2) is 11.5 Å². The van der Waals surface area contributed by atoms with Gasteiger partial charge in [0.1, 0.15) is 11.9 Å². The first-order valence-corrected chi connectivity index (χ1v) is 9.93. The van der Waals surface area contributed by atoms with Crippen molar-refractivity contribution in [3.63, 3.8) is 0 Å². The van der Waals surface area contributed by atoms with Crippen LogP contribution in [0.2, 0.25) is 0 Å². The monoisotopic (exact) mass is 402 g/mol. The quantitative estimate of drug-likeness (QED) is 0.452. The molecular formula is C23H30O6. The predicted molar refractivity (Wildman–Crippen MR) is 110 cm³/mol. The van der Waals surface area contributed by atoms with Gasteiger partial charge < -0.3 is 19.7 Å². The van der Waals surface area contributed by atoms with Crippen molar-refractivity contribution in [2.75, 3.05) is 7.11 Å². The SMILES string of the molecule is COc1cc(CCC(=O)C[C@@H](CC[C@H]2C=CC=C[C@H]2C)OC(C)=O)cc(O)c1O. The number of benzene rings is 1. The van der Waals surface area contributed by atoms with Gasteiger partial charge in [0.25, 0.3) is 0 Å². The molecule has 158 valence electrons. The van der Waals surface area contributed by atoms with E-state index < -0.39 is 6.10 Å². The number of carbonyl (C=O) groups excluding carboxylic acids is 2. The zero-order valence-corrected chi connectivity index (χ0v) is 17.3. The number of allylic oxidation sites excluding steroid dienone is 4. The van der Waals surface area contributed by atoms with Crippen molar-refractivity contribution in [3.05, 3.63) is 42.0 Å². The Morgan fingerprint density at radius 2 is 1.90 bits per heavy atom. The maximum Gasteiger partial charge on any atom is 0.302 e. The number of carbonyl (C=O) groups is 2. The van der Waals surface area contributed by atoms with E-state index in [1.54, 1.807) is 6.07 Å². The van der Waals surface area contributed by atoms with Crippen molar-refractivity contribution in [2.45, 2.75) is 52.1 Å². The Morgan fingerprint density at radius 1 is 1.17 bits per heavy atom. The van der Waals surface area contributed by atoms with Crippen molar-refractivity contribution in [1.29, 1.82) is 0 Å². The van der Waals surface area contributed by atoms with E-state index in [2.05, 4.69) is 19.1 Å². The standard InChI is InChI=1S/C23H30O6/c1-15-6-4-5-7-18(15)9-11-20(29-16(2)24)14-19(25)10-8-17-12-21(26)23(27)22(13-17)28-3/h4-7,12-13,15,18,20,26-27H,8-11,14H2,1-3H3/t15-,18-,20-/m1/s1. The first-order valence-electron chi connectivity index (χ1n) is 9.93. The highest BCUT2D eigenvalue weighted by molar-refractivity contribution is 5.79. The van der Waals surface area contributed by atoms with E-state index >= 15 is 0 Å². The summed E-state index contributed by atoms with van der Waals surface area (Å²) < 4.78 is 10.4. The highest BCUT2D eigenvalue weighted by Crippen LogP contribution is 2.36. The molecule has 6 heteroatoms. The Kier molecular flexibility index (Phi) is 8.31. The molecule has 0 aromatic heterocycles. The summed E-state index contributed by atoms with van der Waals surface area (Å²) in [5.41, 5.74) is 0.683. The summed E-state index contributed by atoms with van der Waals surface area (Å²) in [6, 6.07) is 3.01. The fourth-order valence-corrected chi connectivity index (χ4v) is 3.53. The Morgan fingerprint density at radius 3 is 2.55 bits per heavy atom. The van der Waals surface area contributed by atoms with Gasteiger partial charge in [-0.3, -0.25) is 9.59 Å². The number of esters is 1. The third kappa shape index (κ3) is 6.97. The highest BCUT2D eigenvalue weighted by Gasteiger charge is 2.21. The summed E-state index contributed by atoms with van der Waals surface area (Å²) in [5.74, 6) is -0.0509. The second-order valence-corrected chi connectivity index (χ2v) is 7.51. The minimum atomic E-state index is -0.436. The Hall–Kier alpha value is -2.76. The third-order valence-electron chi connectivity index (χ3n) is 5.20. The van der Waals surface area contributed by atoms with Gasteiger partial charge in [-0.15, -0.1) is 0 Å². The van der Waals surface area contributed by atoms with Gasteiger partial charge in [-0.1, -0.05) is 31.2 Å². The van der Waals surface area contributed by atoms with Crippen LogP contribution in [0.5, 0.6) is 17.2 Å². The molecule has 0 unspecified atom stereocenters. The van der Waals surface area contributed by atoms with Crippen LogP contribution in [0.15, 0.2) is 36.4 Å². The minimum Gasteiger partial charge on any atom is -0.504 e. The van der Waals surface area contributed by atoms with Gasteiger partial charge in [-0.25, -0.2) is 0 Å². The third-order valence-corrected chi connectivity index (χ3v) is 5.20. The van der Waals surface area contributed by atoms with Crippen LogP contribution in [0.3, 0.4) is 0 Å². The van der Waals surface area contributed by atoms with E-state index in [1.807, 2.05) is 12.2 Å². The van der Waals surface area contributed by atoms with Crippen LogP contribution in [0, 0.1) is 11.8 Å². The van der Waals surface area contributed by atoms with Crippen LogP contribution in [-0.2, 0) is 20.7 Å². The number of ketones is 1. The number of hydrogen-bond acceptors (Lipinski definition) is 6. The first-order chi connectivity index (χ1) is 13.8. The number of phenolic OH excluding ortho intramolecular Hbond substituents is 2. The molecule has 3 atom stereocenters. The molecule has 29 heavy (non-hydrogen) atoms. The average molecular weight is 402 g/mol. The van der Waals surface area contributed by atoms with Gasteiger partial charge in [0.2, 0.25) is 5.75 Å². The Bertz CT molecular complexity index is 780. The molecule has 6 nitrogen and oxygen atoms in total. The number of rotatable bonds is 10. The lowest BCUT2D eigenvalue weighted by molar-refractivity contribution is -0.148. The maximum atomic E-state index is 12.5. The molecule has 1 aromatic carbocycles. The normalized spacial score (nSPS) is 19.0. The summed E-state index contributed by atoms with van der Waals surface area (Å²) in [4.78, 5) is 23.9. The van der Waals surface area contributed by atoms with Gasteiger partial charge in [-0.05, 0) is 48.8 Å². The van der Waals surface area contributed by atoms with Crippen LogP contribution in [0.25, 0.3) is 0 Å². The molecule has 1 aliphatic rings. The molecule has 0 bridgehead atoms. The number of methoxy groups -OCH3 is 1. The summed E-state index contributed by atoms with van der Waals surface area (Å²) in [6.07, 6.45) is 10.2. The van der Waals surface area contributed by atoms with Crippen LogP contribution in [0.4, 0.5) is 0 Å². The fraction of sp³-hybridized carbons (Fsp3) is 0.478. The lowest BCUT2D eigenvalue weighted by Gasteiger charge is -2.23. The molecule has 0 amide bonds. The minimum absolute atomic E-state index is 0.0186. The molecule has 0 saturated heterocycles. The number of aromatic hydroxyl groups is 2. The van der Waals surface area contributed by atoms with E-state index in [-0.39, 0.29) is 41.8 Å². The molecular weight excluding hydrogens is 372 g/mol. The average Bonchev–Trinajstić information content (AvgIpc) is 2.67. The Labute approximate surface area is 171 Å². The van der Waals surface area contributed by atoms with E-state index in [0.717, 1.165) is 6.42 Å². The highest BCUT2D eigenvalue weighted by atomic mass is 16.5. The van der Waals surface area contributed by atoms with E-state index in [9.17, 15) is 19.8 Å². The molecule has 0 spiro atoms. The van der Waals surface area contributed by atoms with E-state index in [1.165, 1.54) is 20.1 Å². The molecule has 2 rings (SSSR count). The molecule has 0 fully saturated rings. The summed E-state index contributed by atoms with van der Waals surface area (Å²) >= 11 is 0. The molecule has 0 heterocycles. The van der Waals surface area contributed by atoms with Gasteiger partial charge in [-0.2, -0.15) is 0 Å². The molecule has 0 saturated carbocycles. The summed E-state index contributed by atoms with van der Waals surface area (Å²) in [5, 5.41) is 19.4. The molecule has 0 radical (unpaired) electrons. The van der Waals surface area contributed by atoms with Gasteiger partial charge in [0.05, 0.1) is 7.11 Å². The van der Waals surface area contributed by atoms with Gasteiger partial charge >= 0.3 is 5.97 Å². The van der Waals surface area contributed by atoms with Crippen molar-refractivity contribution < 1.29 is 29.3 Å². The van der Waals surface area contributed by atoms with Gasteiger partial charge in [0, 0.05) is 19.8 Å². The van der Waals surface area contributed by atoms with Crippen LogP contribution in [0.1, 0.15) is 45.1 Å². The maximum absolute atomic E-state index is 12.5. The van der Waals surface area contributed by atoms with Crippen molar-refractivity contribution in [3.8, 4) is 17.2 Å². The second kappa shape index (κ2) is 10.7. The first kappa shape index (κ1) is 22.5. The smallest absolute Gasteiger partial charge is 0.302 e. The lowest BCUT2D eigenvalue weighted by Crippen LogP contribution is -2.22. The molecule has 1 aliphatic carbocycles. The number of Topliss-reactive ketones (excluding diaryl/α,β-unsaturated/α-hetero) is 1. The number of aryl methyl sites for hydroxylation is 1. The number of phenols is 2. The predicted octanol–water partition coefficient (Wildman–Crippen LogP) is 4.09. The summed E-state index contributed by atoms with van der Waals surface area (Å²) in [6.45, 7) is 3.51.